The maximum absolute atomic E-state index is 11.0. The SMILES string of the molecule is CCc1c(C=O)cccc1CC1CCCC1. The normalized spacial score (nSPS) is 16.6. The Bertz CT molecular complexity index is 362. The average molecular weight is 216 g/mol. The van der Waals surface area contributed by atoms with E-state index in [1.54, 1.807) is 0 Å². The van der Waals surface area contributed by atoms with Gasteiger partial charge in [-0.05, 0) is 29.9 Å². The van der Waals surface area contributed by atoms with E-state index in [4.69, 9.17) is 0 Å². The van der Waals surface area contributed by atoms with Crippen molar-refractivity contribution < 1.29 is 4.79 Å². The first kappa shape index (κ1) is 11.4. The maximum atomic E-state index is 11.0. The number of carbonyl (C=O) groups is 1. The lowest BCUT2D eigenvalue weighted by atomic mass is 9.91. The second kappa shape index (κ2) is 5.29. The first-order valence-corrected chi connectivity index (χ1v) is 6.41. The van der Waals surface area contributed by atoms with Crippen molar-refractivity contribution in [3.63, 3.8) is 0 Å². The van der Waals surface area contributed by atoms with E-state index in [1.165, 1.54) is 43.2 Å². The summed E-state index contributed by atoms with van der Waals surface area (Å²) in [5, 5.41) is 0. The lowest BCUT2D eigenvalue weighted by Gasteiger charge is -2.14. The van der Waals surface area contributed by atoms with Crippen LogP contribution in [0.2, 0.25) is 0 Å². The van der Waals surface area contributed by atoms with E-state index in [2.05, 4.69) is 13.0 Å². The smallest absolute Gasteiger partial charge is 0.150 e. The van der Waals surface area contributed by atoms with E-state index in [-0.39, 0.29) is 0 Å². The minimum atomic E-state index is 0.854. The van der Waals surface area contributed by atoms with Gasteiger partial charge in [0.15, 0.2) is 0 Å². The predicted octanol–water partition coefficient (Wildman–Crippen LogP) is 3.79. The molecule has 0 bridgehead atoms. The van der Waals surface area contributed by atoms with Crippen LogP contribution in [0.15, 0.2) is 18.2 Å². The highest BCUT2D eigenvalue weighted by molar-refractivity contribution is 5.77. The molecule has 1 nitrogen and oxygen atoms in total. The minimum Gasteiger partial charge on any atom is -0.298 e. The lowest BCUT2D eigenvalue weighted by molar-refractivity contribution is 0.112. The van der Waals surface area contributed by atoms with Gasteiger partial charge in [-0.3, -0.25) is 4.79 Å². The molecule has 1 aliphatic rings. The number of hydrogen-bond acceptors (Lipinski definition) is 1. The van der Waals surface area contributed by atoms with E-state index in [1.807, 2.05) is 12.1 Å². The summed E-state index contributed by atoms with van der Waals surface area (Å²) in [5.74, 6) is 0.854. The van der Waals surface area contributed by atoms with Gasteiger partial charge < -0.3 is 0 Å². The fraction of sp³-hybridized carbons (Fsp3) is 0.533. The van der Waals surface area contributed by atoms with E-state index in [9.17, 15) is 4.79 Å². The Balaban J connectivity index is 2.21. The van der Waals surface area contributed by atoms with Crippen molar-refractivity contribution in [2.24, 2.45) is 5.92 Å². The Morgan fingerprint density at radius 1 is 1.31 bits per heavy atom. The van der Waals surface area contributed by atoms with Crippen molar-refractivity contribution >= 4 is 6.29 Å². The molecule has 0 aromatic heterocycles. The summed E-state index contributed by atoms with van der Waals surface area (Å²) in [7, 11) is 0. The van der Waals surface area contributed by atoms with Crippen molar-refractivity contribution in [2.45, 2.75) is 45.4 Å². The molecular weight excluding hydrogens is 196 g/mol. The number of rotatable bonds is 4. The van der Waals surface area contributed by atoms with Crippen LogP contribution >= 0.6 is 0 Å². The van der Waals surface area contributed by atoms with Crippen LogP contribution in [-0.4, -0.2) is 6.29 Å². The lowest BCUT2D eigenvalue weighted by Crippen LogP contribution is -2.04. The second-order valence-electron chi connectivity index (χ2n) is 4.81. The highest BCUT2D eigenvalue weighted by atomic mass is 16.1. The molecule has 1 heteroatoms. The fourth-order valence-corrected chi connectivity index (χ4v) is 2.91. The minimum absolute atomic E-state index is 0.854. The van der Waals surface area contributed by atoms with Crippen LogP contribution in [0.4, 0.5) is 0 Å². The monoisotopic (exact) mass is 216 g/mol. The summed E-state index contributed by atoms with van der Waals surface area (Å²) in [4.78, 5) is 11.0. The van der Waals surface area contributed by atoms with Gasteiger partial charge in [0, 0.05) is 5.56 Å². The molecular formula is C15H20O. The summed E-state index contributed by atoms with van der Waals surface area (Å²) >= 11 is 0. The Morgan fingerprint density at radius 3 is 2.69 bits per heavy atom. The van der Waals surface area contributed by atoms with E-state index in [0.717, 1.165) is 24.2 Å². The maximum Gasteiger partial charge on any atom is 0.150 e. The van der Waals surface area contributed by atoms with Gasteiger partial charge in [-0.15, -0.1) is 0 Å². The number of carbonyl (C=O) groups excluding carboxylic acids is 1. The Kier molecular flexibility index (Phi) is 3.76. The van der Waals surface area contributed by atoms with Crippen LogP contribution in [0, 0.1) is 5.92 Å². The molecule has 1 saturated carbocycles. The molecule has 0 spiro atoms. The Hall–Kier alpha value is -1.11. The zero-order valence-electron chi connectivity index (χ0n) is 10.0. The standard InChI is InChI=1S/C15H20O/c1-2-15-13(8-5-9-14(15)11-16)10-12-6-3-4-7-12/h5,8-9,11-12H,2-4,6-7,10H2,1H3. The number of benzene rings is 1. The molecule has 2 rings (SSSR count). The van der Waals surface area contributed by atoms with E-state index >= 15 is 0 Å². The molecule has 0 N–H and O–H groups in total. The van der Waals surface area contributed by atoms with Gasteiger partial charge >= 0.3 is 0 Å². The van der Waals surface area contributed by atoms with Crippen LogP contribution in [-0.2, 0) is 12.8 Å². The van der Waals surface area contributed by atoms with Gasteiger partial charge in [-0.25, -0.2) is 0 Å². The zero-order chi connectivity index (χ0) is 11.4. The van der Waals surface area contributed by atoms with Gasteiger partial charge in [-0.1, -0.05) is 50.8 Å². The molecule has 1 fully saturated rings. The largest absolute Gasteiger partial charge is 0.298 e. The van der Waals surface area contributed by atoms with Crippen LogP contribution in [0.25, 0.3) is 0 Å². The van der Waals surface area contributed by atoms with Crippen molar-refractivity contribution in [3.8, 4) is 0 Å². The third-order valence-electron chi connectivity index (χ3n) is 3.77. The summed E-state index contributed by atoms with van der Waals surface area (Å²) in [6.07, 6.45) is 8.65. The quantitative estimate of drug-likeness (QED) is 0.700. The molecule has 0 radical (unpaired) electrons. The summed E-state index contributed by atoms with van der Waals surface area (Å²) in [5.41, 5.74) is 3.56. The average Bonchev–Trinajstić information content (AvgIpc) is 2.81. The number of aldehydes is 1. The molecule has 0 heterocycles. The first-order valence-electron chi connectivity index (χ1n) is 6.41. The van der Waals surface area contributed by atoms with Crippen molar-refractivity contribution in [1.29, 1.82) is 0 Å². The highest BCUT2D eigenvalue weighted by Gasteiger charge is 2.17. The third kappa shape index (κ3) is 2.34. The second-order valence-corrected chi connectivity index (χ2v) is 4.81. The van der Waals surface area contributed by atoms with Gasteiger partial charge in [0.05, 0.1) is 0 Å². The highest BCUT2D eigenvalue weighted by Crippen LogP contribution is 2.29. The van der Waals surface area contributed by atoms with Gasteiger partial charge in [0.1, 0.15) is 6.29 Å². The summed E-state index contributed by atoms with van der Waals surface area (Å²) < 4.78 is 0. The van der Waals surface area contributed by atoms with Crippen molar-refractivity contribution in [1.82, 2.24) is 0 Å². The molecule has 1 aromatic carbocycles. The molecule has 86 valence electrons. The summed E-state index contributed by atoms with van der Waals surface area (Å²) in [6, 6.07) is 6.15. The van der Waals surface area contributed by atoms with Crippen LogP contribution in [0.3, 0.4) is 0 Å². The topological polar surface area (TPSA) is 17.1 Å². The molecule has 0 amide bonds. The fourth-order valence-electron chi connectivity index (χ4n) is 2.91. The first-order chi connectivity index (χ1) is 7.85. The molecule has 16 heavy (non-hydrogen) atoms. The Labute approximate surface area is 97.9 Å². The van der Waals surface area contributed by atoms with Crippen LogP contribution in [0.1, 0.15) is 54.1 Å². The van der Waals surface area contributed by atoms with E-state index < -0.39 is 0 Å². The van der Waals surface area contributed by atoms with Crippen molar-refractivity contribution in [2.75, 3.05) is 0 Å². The van der Waals surface area contributed by atoms with Gasteiger partial charge in [0.25, 0.3) is 0 Å². The molecule has 1 aromatic rings. The van der Waals surface area contributed by atoms with Crippen molar-refractivity contribution in [3.05, 3.63) is 34.9 Å². The zero-order valence-corrected chi connectivity index (χ0v) is 10.0. The molecule has 0 saturated heterocycles. The molecule has 0 aliphatic heterocycles. The molecule has 0 atom stereocenters. The van der Waals surface area contributed by atoms with E-state index in [0.29, 0.717) is 0 Å². The Morgan fingerprint density at radius 2 is 2.06 bits per heavy atom. The molecule has 0 unspecified atom stereocenters. The van der Waals surface area contributed by atoms with Crippen LogP contribution in [0.5, 0.6) is 0 Å². The van der Waals surface area contributed by atoms with Crippen LogP contribution < -0.4 is 0 Å². The third-order valence-corrected chi connectivity index (χ3v) is 3.77. The van der Waals surface area contributed by atoms with Gasteiger partial charge in [-0.2, -0.15) is 0 Å². The van der Waals surface area contributed by atoms with Gasteiger partial charge in [0.2, 0.25) is 0 Å². The summed E-state index contributed by atoms with van der Waals surface area (Å²) in [6.45, 7) is 2.14. The number of hydrogen-bond donors (Lipinski definition) is 0. The molecule has 1 aliphatic carbocycles. The predicted molar refractivity (Wildman–Crippen MR) is 66.9 cm³/mol.